The molecule has 0 aliphatic rings. The number of nitrogens with one attached hydrogen (secondary N) is 1. The van der Waals surface area contributed by atoms with Crippen LogP contribution in [0.2, 0.25) is 0 Å². The van der Waals surface area contributed by atoms with Gasteiger partial charge in [0.05, 0.1) is 5.75 Å². The molecule has 0 unspecified atom stereocenters. The summed E-state index contributed by atoms with van der Waals surface area (Å²) in [5.41, 5.74) is 2.90. The molecule has 0 spiro atoms. The Kier molecular flexibility index (Phi) is 4.26. The van der Waals surface area contributed by atoms with Gasteiger partial charge in [0.2, 0.25) is 5.13 Å². The topological polar surface area (TPSA) is 59.8 Å². The van der Waals surface area contributed by atoms with E-state index in [2.05, 4.69) is 15.5 Å². The molecule has 0 radical (unpaired) electrons. The molecule has 7 heteroatoms. The van der Waals surface area contributed by atoms with Gasteiger partial charge < -0.3 is 9.88 Å². The van der Waals surface area contributed by atoms with E-state index >= 15 is 0 Å². The molecular formula is C12H16N4OS2. The minimum Gasteiger partial charge on any atom is -0.363 e. The van der Waals surface area contributed by atoms with Gasteiger partial charge in [-0.1, -0.05) is 23.1 Å². The maximum Gasteiger partial charge on any atom is 0.206 e. The van der Waals surface area contributed by atoms with Crippen LogP contribution in [-0.4, -0.2) is 33.3 Å². The standard InChI is InChI=1S/C12H16N4OS2/c1-7-5-9(8(2)16(7)4)10(17)6-18-12-15-14-11(13-3)19-12/h5H,6H2,1-4H3,(H,13,14). The number of Topliss-reactive ketones (excluding diaryl/α,β-unsaturated/α-hetero) is 1. The van der Waals surface area contributed by atoms with Crippen LogP contribution < -0.4 is 5.32 Å². The second-order valence-electron chi connectivity index (χ2n) is 4.18. The van der Waals surface area contributed by atoms with Crippen molar-refractivity contribution in [2.75, 3.05) is 18.1 Å². The number of carbonyl (C=O) groups excluding carboxylic acids is 1. The first-order valence-electron chi connectivity index (χ1n) is 5.83. The van der Waals surface area contributed by atoms with Crippen molar-refractivity contribution in [1.29, 1.82) is 0 Å². The molecular weight excluding hydrogens is 280 g/mol. The first-order valence-corrected chi connectivity index (χ1v) is 7.63. The van der Waals surface area contributed by atoms with Crippen LogP contribution in [0.15, 0.2) is 10.4 Å². The summed E-state index contributed by atoms with van der Waals surface area (Å²) in [6, 6.07) is 1.94. The number of anilines is 1. The Morgan fingerprint density at radius 3 is 2.74 bits per heavy atom. The summed E-state index contributed by atoms with van der Waals surface area (Å²) in [6.45, 7) is 3.97. The van der Waals surface area contributed by atoms with Crippen molar-refractivity contribution in [3.63, 3.8) is 0 Å². The molecule has 19 heavy (non-hydrogen) atoms. The van der Waals surface area contributed by atoms with Crippen LogP contribution in [0.3, 0.4) is 0 Å². The molecule has 0 saturated heterocycles. The molecule has 0 aliphatic carbocycles. The van der Waals surface area contributed by atoms with Gasteiger partial charge in [0.15, 0.2) is 10.1 Å². The SMILES string of the molecule is CNc1nnc(SCC(=O)c2cc(C)n(C)c2C)s1. The van der Waals surface area contributed by atoms with Crippen LogP contribution in [0.5, 0.6) is 0 Å². The average molecular weight is 296 g/mol. The highest BCUT2D eigenvalue weighted by Gasteiger charge is 2.15. The van der Waals surface area contributed by atoms with Gasteiger partial charge in [0.1, 0.15) is 0 Å². The van der Waals surface area contributed by atoms with Crippen molar-refractivity contribution in [1.82, 2.24) is 14.8 Å². The van der Waals surface area contributed by atoms with Crippen molar-refractivity contribution < 1.29 is 4.79 Å². The number of hydrogen-bond donors (Lipinski definition) is 1. The molecule has 1 N–H and O–H groups in total. The first-order chi connectivity index (χ1) is 9.02. The number of ketones is 1. The Bertz CT molecular complexity index is 603. The fraction of sp³-hybridized carbons (Fsp3) is 0.417. The third-order valence-corrected chi connectivity index (χ3v) is 5.10. The van der Waals surface area contributed by atoms with E-state index in [1.54, 1.807) is 7.05 Å². The van der Waals surface area contributed by atoms with Gasteiger partial charge in [0.25, 0.3) is 0 Å². The maximum absolute atomic E-state index is 12.2. The predicted molar refractivity (Wildman–Crippen MR) is 79.4 cm³/mol. The van der Waals surface area contributed by atoms with Gasteiger partial charge in [-0.05, 0) is 19.9 Å². The Hall–Kier alpha value is -1.34. The summed E-state index contributed by atoms with van der Waals surface area (Å²) in [4.78, 5) is 12.2. The lowest BCUT2D eigenvalue weighted by Gasteiger charge is -2.01. The molecule has 0 bridgehead atoms. The number of nitrogens with zero attached hydrogens (tertiary/aromatic N) is 3. The van der Waals surface area contributed by atoms with Gasteiger partial charge in [-0.25, -0.2) is 0 Å². The van der Waals surface area contributed by atoms with E-state index in [9.17, 15) is 4.79 Å². The van der Waals surface area contributed by atoms with E-state index in [0.717, 1.165) is 26.4 Å². The van der Waals surface area contributed by atoms with Gasteiger partial charge in [-0.3, -0.25) is 4.79 Å². The lowest BCUT2D eigenvalue weighted by molar-refractivity contribution is 0.102. The lowest BCUT2D eigenvalue weighted by atomic mass is 10.2. The first kappa shape index (κ1) is 14.1. The number of thioether (sulfide) groups is 1. The lowest BCUT2D eigenvalue weighted by Crippen LogP contribution is -2.04. The maximum atomic E-state index is 12.2. The van der Waals surface area contributed by atoms with Crippen LogP contribution in [0.25, 0.3) is 0 Å². The molecule has 2 rings (SSSR count). The Labute approximate surface area is 120 Å². The van der Waals surface area contributed by atoms with Crippen molar-refractivity contribution in [2.45, 2.75) is 18.2 Å². The molecule has 0 aromatic carbocycles. The zero-order valence-corrected chi connectivity index (χ0v) is 13.0. The monoisotopic (exact) mass is 296 g/mol. The second kappa shape index (κ2) is 5.75. The molecule has 0 atom stereocenters. The fourth-order valence-electron chi connectivity index (χ4n) is 1.71. The van der Waals surface area contributed by atoms with Gasteiger partial charge in [-0.15, -0.1) is 10.2 Å². The van der Waals surface area contributed by atoms with Crippen molar-refractivity contribution in [2.24, 2.45) is 7.05 Å². The Morgan fingerprint density at radius 1 is 1.47 bits per heavy atom. The molecule has 0 amide bonds. The third-order valence-electron chi connectivity index (χ3n) is 3.02. The Balaban J connectivity index is 2.03. The highest BCUT2D eigenvalue weighted by molar-refractivity contribution is 8.01. The zero-order chi connectivity index (χ0) is 14.0. The van der Waals surface area contributed by atoms with Gasteiger partial charge in [-0.2, -0.15) is 0 Å². The number of carbonyl (C=O) groups is 1. The van der Waals surface area contributed by atoms with Crippen LogP contribution in [0.4, 0.5) is 5.13 Å². The minimum atomic E-state index is 0.132. The normalized spacial score (nSPS) is 10.7. The smallest absolute Gasteiger partial charge is 0.206 e. The zero-order valence-electron chi connectivity index (χ0n) is 11.4. The Morgan fingerprint density at radius 2 is 2.21 bits per heavy atom. The number of aromatic nitrogens is 3. The summed E-state index contributed by atoms with van der Waals surface area (Å²) in [6.07, 6.45) is 0. The molecule has 2 heterocycles. The number of rotatable bonds is 5. The second-order valence-corrected chi connectivity index (χ2v) is 6.38. The third kappa shape index (κ3) is 2.98. The molecule has 0 saturated carbocycles. The van der Waals surface area contributed by atoms with E-state index in [1.807, 2.05) is 31.5 Å². The molecule has 102 valence electrons. The number of hydrogen-bond acceptors (Lipinski definition) is 6. The molecule has 2 aromatic rings. The van der Waals surface area contributed by atoms with E-state index in [1.165, 1.54) is 23.1 Å². The van der Waals surface area contributed by atoms with Crippen LogP contribution in [0.1, 0.15) is 21.7 Å². The summed E-state index contributed by atoms with van der Waals surface area (Å²) < 4.78 is 2.84. The van der Waals surface area contributed by atoms with Crippen molar-refractivity contribution in [3.8, 4) is 0 Å². The number of aryl methyl sites for hydroxylation is 1. The predicted octanol–water partition coefficient (Wildman–Crippen LogP) is 2.51. The van der Waals surface area contributed by atoms with E-state index in [0.29, 0.717) is 5.75 Å². The highest BCUT2D eigenvalue weighted by Crippen LogP contribution is 2.26. The van der Waals surface area contributed by atoms with E-state index in [-0.39, 0.29) is 5.78 Å². The fourth-order valence-corrected chi connectivity index (χ4v) is 3.30. The summed E-state index contributed by atoms with van der Waals surface area (Å²) >= 11 is 2.88. The van der Waals surface area contributed by atoms with Gasteiger partial charge in [0, 0.05) is 31.0 Å². The van der Waals surface area contributed by atoms with Crippen LogP contribution in [0, 0.1) is 13.8 Å². The van der Waals surface area contributed by atoms with E-state index in [4.69, 9.17) is 0 Å². The van der Waals surface area contributed by atoms with Gasteiger partial charge >= 0.3 is 0 Å². The molecule has 5 nitrogen and oxygen atoms in total. The molecule has 0 aliphatic heterocycles. The summed E-state index contributed by atoms with van der Waals surface area (Å²) in [7, 11) is 3.77. The van der Waals surface area contributed by atoms with Crippen molar-refractivity contribution in [3.05, 3.63) is 23.0 Å². The largest absolute Gasteiger partial charge is 0.363 e. The van der Waals surface area contributed by atoms with Crippen LogP contribution in [-0.2, 0) is 7.05 Å². The van der Waals surface area contributed by atoms with E-state index < -0.39 is 0 Å². The molecule has 2 aromatic heterocycles. The van der Waals surface area contributed by atoms with Crippen LogP contribution >= 0.6 is 23.1 Å². The van der Waals surface area contributed by atoms with Crippen molar-refractivity contribution >= 4 is 34.0 Å². The highest BCUT2D eigenvalue weighted by atomic mass is 32.2. The summed E-state index contributed by atoms with van der Waals surface area (Å²) in [5, 5.41) is 11.6. The minimum absolute atomic E-state index is 0.132. The average Bonchev–Trinajstić information content (AvgIpc) is 2.96. The quantitative estimate of drug-likeness (QED) is 0.678. The summed E-state index contributed by atoms with van der Waals surface area (Å²) in [5.74, 6) is 0.523. The molecule has 0 fully saturated rings.